The van der Waals surface area contributed by atoms with Gasteiger partial charge in [0, 0.05) is 57.2 Å². The van der Waals surface area contributed by atoms with E-state index in [0.717, 1.165) is 25.1 Å². The third-order valence-corrected chi connectivity index (χ3v) is 7.08. The summed E-state index contributed by atoms with van der Waals surface area (Å²) in [5.41, 5.74) is -0.712. The number of ether oxygens (including phenoxy) is 2. The monoisotopic (exact) mass is 457 g/mol. The van der Waals surface area contributed by atoms with Crippen molar-refractivity contribution in [3.05, 3.63) is 29.1 Å². The molecule has 1 saturated carbocycles. The molecule has 10 heteroatoms. The number of hydrogen-bond donors (Lipinski definition) is 2. The van der Waals surface area contributed by atoms with Crippen LogP contribution >= 0.6 is 0 Å². The van der Waals surface area contributed by atoms with Crippen molar-refractivity contribution in [3.63, 3.8) is 0 Å². The van der Waals surface area contributed by atoms with Gasteiger partial charge in [-0.2, -0.15) is 13.2 Å². The molecule has 1 aromatic rings. The molecule has 2 aliphatic heterocycles. The fourth-order valence-electron chi connectivity index (χ4n) is 5.20. The summed E-state index contributed by atoms with van der Waals surface area (Å²) < 4.78 is 50.2. The first-order valence-corrected chi connectivity index (χ1v) is 11.1. The SMILES string of the molecule is COC1COCC[C@@H]1N[C@@H]1CC[C@](CO)(C(=O)N2CCc3ncc(C(F)(F)F)cc3C2)C1. The van der Waals surface area contributed by atoms with Crippen LogP contribution in [0.15, 0.2) is 12.3 Å². The Kier molecular flexibility index (Phi) is 6.76. The van der Waals surface area contributed by atoms with E-state index in [1.807, 2.05) is 0 Å². The van der Waals surface area contributed by atoms with Crippen LogP contribution in [0.25, 0.3) is 0 Å². The number of alkyl halides is 3. The van der Waals surface area contributed by atoms with Gasteiger partial charge in [-0.25, -0.2) is 0 Å². The van der Waals surface area contributed by atoms with Crippen molar-refractivity contribution in [3.8, 4) is 0 Å². The molecule has 3 aliphatic rings. The Morgan fingerprint density at radius 2 is 2.25 bits per heavy atom. The van der Waals surface area contributed by atoms with Gasteiger partial charge < -0.3 is 24.8 Å². The zero-order valence-electron chi connectivity index (χ0n) is 18.2. The lowest BCUT2D eigenvalue weighted by Gasteiger charge is -2.37. The molecule has 178 valence electrons. The lowest BCUT2D eigenvalue weighted by Crippen LogP contribution is -2.51. The van der Waals surface area contributed by atoms with Crippen LogP contribution < -0.4 is 5.32 Å². The Labute approximate surface area is 185 Å². The van der Waals surface area contributed by atoms with Crippen LogP contribution in [0.1, 0.15) is 42.5 Å². The van der Waals surface area contributed by atoms with Crippen molar-refractivity contribution in [1.29, 1.82) is 0 Å². The molecule has 0 aromatic carbocycles. The van der Waals surface area contributed by atoms with Crippen LogP contribution in [0.5, 0.6) is 0 Å². The number of halogens is 3. The second-order valence-corrected chi connectivity index (χ2v) is 9.09. The lowest BCUT2D eigenvalue weighted by molar-refractivity contribution is -0.145. The van der Waals surface area contributed by atoms with Gasteiger partial charge >= 0.3 is 6.18 Å². The second kappa shape index (κ2) is 9.24. The molecule has 7 nitrogen and oxygen atoms in total. The van der Waals surface area contributed by atoms with Crippen LogP contribution in [0.4, 0.5) is 13.2 Å². The Morgan fingerprint density at radius 3 is 2.97 bits per heavy atom. The van der Waals surface area contributed by atoms with Gasteiger partial charge in [-0.15, -0.1) is 0 Å². The van der Waals surface area contributed by atoms with E-state index in [2.05, 4.69) is 10.3 Å². The van der Waals surface area contributed by atoms with E-state index in [1.54, 1.807) is 12.0 Å². The number of rotatable bonds is 5. The maximum Gasteiger partial charge on any atom is 0.417 e. The maximum atomic E-state index is 13.5. The predicted molar refractivity (Wildman–Crippen MR) is 109 cm³/mol. The van der Waals surface area contributed by atoms with Crippen LogP contribution in [0.2, 0.25) is 0 Å². The van der Waals surface area contributed by atoms with Crippen molar-refractivity contribution >= 4 is 5.91 Å². The molecule has 1 aromatic heterocycles. The topological polar surface area (TPSA) is 83.9 Å². The molecule has 0 radical (unpaired) electrons. The standard InChI is InChI=1S/C22H30F3N3O4/c1-31-19-12-32-7-4-18(19)27-16-2-5-21(9-16,13-29)20(30)28-6-3-17-14(11-28)8-15(10-26-17)22(23,24)25/h8,10,16,18-19,27,29H,2-7,9,11-13H2,1H3/t16-,18+,19?,21+/m1/s1. The van der Waals surface area contributed by atoms with E-state index < -0.39 is 17.2 Å². The number of carbonyl (C=O) groups excluding carboxylic acids is 1. The van der Waals surface area contributed by atoms with Gasteiger partial charge in [0.15, 0.2) is 0 Å². The Morgan fingerprint density at radius 1 is 1.44 bits per heavy atom. The number of aliphatic hydroxyl groups is 1. The maximum absolute atomic E-state index is 13.5. The minimum absolute atomic E-state index is 0.0578. The zero-order valence-corrected chi connectivity index (χ0v) is 18.2. The highest BCUT2D eigenvalue weighted by molar-refractivity contribution is 5.83. The number of aliphatic hydroxyl groups excluding tert-OH is 1. The highest BCUT2D eigenvalue weighted by atomic mass is 19.4. The molecule has 1 unspecified atom stereocenters. The molecular formula is C22H30F3N3O4. The van der Waals surface area contributed by atoms with Crippen LogP contribution in [0.3, 0.4) is 0 Å². The number of hydrogen-bond acceptors (Lipinski definition) is 6. The van der Waals surface area contributed by atoms with Gasteiger partial charge in [-0.3, -0.25) is 9.78 Å². The van der Waals surface area contributed by atoms with E-state index in [0.29, 0.717) is 50.3 Å². The van der Waals surface area contributed by atoms with E-state index in [4.69, 9.17) is 9.47 Å². The molecular weight excluding hydrogens is 427 g/mol. The average molecular weight is 457 g/mol. The summed E-state index contributed by atoms with van der Waals surface area (Å²) in [7, 11) is 1.65. The zero-order chi connectivity index (χ0) is 22.9. The van der Waals surface area contributed by atoms with Gasteiger partial charge in [0.05, 0.1) is 30.3 Å². The van der Waals surface area contributed by atoms with E-state index >= 15 is 0 Å². The number of amides is 1. The summed E-state index contributed by atoms with van der Waals surface area (Å²) in [6.45, 7) is 1.35. The first-order valence-electron chi connectivity index (χ1n) is 11.1. The molecule has 0 bridgehead atoms. The lowest BCUT2D eigenvalue weighted by atomic mass is 9.84. The van der Waals surface area contributed by atoms with Crippen molar-refractivity contribution in [1.82, 2.24) is 15.2 Å². The minimum Gasteiger partial charge on any atom is -0.395 e. The molecule has 2 N–H and O–H groups in total. The van der Waals surface area contributed by atoms with E-state index in [9.17, 15) is 23.1 Å². The summed E-state index contributed by atoms with van der Waals surface area (Å²) >= 11 is 0. The molecule has 4 atom stereocenters. The summed E-state index contributed by atoms with van der Waals surface area (Å²) in [5.74, 6) is -0.192. The predicted octanol–water partition coefficient (Wildman–Crippen LogP) is 1.91. The average Bonchev–Trinajstić information content (AvgIpc) is 3.21. The summed E-state index contributed by atoms with van der Waals surface area (Å²) in [6, 6.07) is 1.27. The largest absolute Gasteiger partial charge is 0.417 e. The molecule has 3 heterocycles. The normalized spacial score (nSPS) is 30.9. The molecule has 32 heavy (non-hydrogen) atoms. The number of carbonyl (C=O) groups is 1. The Bertz CT molecular complexity index is 837. The van der Waals surface area contributed by atoms with Crippen LogP contribution in [-0.4, -0.2) is 72.6 Å². The molecule has 2 fully saturated rings. The van der Waals surface area contributed by atoms with Gasteiger partial charge in [0.1, 0.15) is 0 Å². The van der Waals surface area contributed by atoms with Crippen LogP contribution in [0, 0.1) is 5.41 Å². The van der Waals surface area contributed by atoms with Crippen molar-refractivity contribution in [2.24, 2.45) is 5.41 Å². The first kappa shape index (κ1) is 23.4. The number of fused-ring (bicyclic) bond motifs is 1. The van der Waals surface area contributed by atoms with Gasteiger partial charge in [-0.05, 0) is 37.3 Å². The fraction of sp³-hybridized carbons (Fsp3) is 0.727. The fourth-order valence-corrected chi connectivity index (χ4v) is 5.20. The summed E-state index contributed by atoms with van der Waals surface area (Å²) in [5, 5.41) is 13.8. The highest BCUT2D eigenvalue weighted by Gasteiger charge is 2.48. The van der Waals surface area contributed by atoms with Crippen molar-refractivity contribution in [2.45, 2.75) is 63.0 Å². The third kappa shape index (κ3) is 4.64. The molecule has 1 amide bonds. The number of nitrogens with one attached hydrogen (secondary N) is 1. The number of pyridine rings is 1. The highest BCUT2D eigenvalue weighted by Crippen LogP contribution is 2.41. The van der Waals surface area contributed by atoms with Crippen molar-refractivity contribution in [2.75, 3.05) is 33.5 Å². The van der Waals surface area contributed by atoms with Gasteiger partial charge in [0.25, 0.3) is 0 Å². The van der Waals surface area contributed by atoms with Gasteiger partial charge in [-0.1, -0.05) is 0 Å². The molecule has 0 spiro atoms. The minimum atomic E-state index is -4.48. The first-order chi connectivity index (χ1) is 15.3. The van der Waals surface area contributed by atoms with Crippen LogP contribution in [-0.2, 0) is 33.4 Å². The number of nitrogens with zero attached hydrogens (tertiary/aromatic N) is 2. The Balaban J connectivity index is 1.44. The quantitative estimate of drug-likeness (QED) is 0.703. The Hall–Kier alpha value is -1.75. The molecule has 4 rings (SSSR count). The molecule has 1 aliphatic carbocycles. The van der Waals surface area contributed by atoms with Crippen molar-refractivity contribution < 1.29 is 32.5 Å². The number of aromatic nitrogens is 1. The number of methoxy groups -OCH3 is 1. The van der Waals surface area contributed by atoms with E-state index in [1.165, 1.54) is 0 Å². The third-order valence-electron chi connectivity index (χ3n) is 7.08. The summed E-state index contributed by atoms with van der Waals surface area (Å²) in [6.07, 6.45) is -0.711. The molecule has 1 saturated heterocycles. The van der Waals surface area contributed by atoms with Gasteiger partial charge in [0.2, 0.25) is 5.91 Å². The smallest absolute Gasteiger partial charge is 0.395 e. The van der Waals surface area contributed by atoms with E-state index in [-0.39, 0.29) is 37.2 Å². The second-order valence-electron chi connectivity index (χ2n) is 9.09. The summed E-state index contributed by atoms with van der Waals surface area (Å²) in [4.78, 5) is 19.0.